The lowest BCUT2D eigenvalue weighted by molar-refractivity contribution is 0.371. The van der Waals surface area contributed by atoms with E-state index in [1.54, 1.807) is 18.2 Å². The Kier molecular flexibility index (Phi) is 3.74. The molecular weight excluding hydrogens is 219 g/mol. The third-order valence-electron chi connectivity index (χ3n) is 1.80. The second-order valence-corrected chi connectivity index (χ2v) is 4.69. The van der Waals surface area contributed by atoms with Gasteiger partial charge in [0.1, 0.15) is 11.5 Å². The summed E-state index contributed by atoms with van der Waals surface area (Å²) in [4.78, 5) is 17.7. The molecule has 0 aliphatic rings. The highest BCUT2D eigenvalue weighted by atomic mass is 31.2. The Hall–Kier alpha value is -1.03. The summed E-state index contributed by atoms with van der Waals surface area (Å²) in [7, 11) is -1.10. The Balaban J connectivity index is 3.02. The van der Waals surface area contributed by atoms with Gasteiger partial charge < -0.3 is 19.3 Å². The molecule has 0 bridgehead atoms. The van der Waals surface area contributed by atoms with Gasteiger partial charge >= 0.3 is 7.60 Å². The van der Waals surface area contributed by atoms with Crippen LogP contribution in [0.25, 0.3) is 0 Å². The molecule has 0 spiro atoms. The second-order valence-electron chi connectivity index (χ2n) is 3.04. The predicted octanol–water partition coefficient (Wildman–Crippen LogP) is 1.38. The molecule has 84 valence electrons. The first-order valence-corrected chi connectivity index (χ1v) is 6.01. The first kappa shape index (κ1) is 12.0. The molecule has 0 aliphatic carbocycles. The Morgan fingerprint density at radius 2 is 1.60 bits per heavy atom. The van der Waals surface area contributed by atoms with Crippen molar-refractivity contribution in [2.24, 2.45) is 0 Å². The maximum atomic E-state index is 10.8. The average Bonchev–Trinajstić information content (AvgIpc) is 2.14. The normalized spacial score (nSPS) is 11.2. The van der Waals surface area contributed by atoms with Crippen LogP contribution in [0.3, 0.4) is 0 Å². The van der Waals surface area contributed by atoms with Gasteiger partial charge in [-0.15, -0.1) is 0 Å². The molecule has 0 aromatic heterocycles. The van der Waals surface area contributed by atoms with E-state index in [9.17, 15) is 4.57 Å². The summed E-state index contributed by atoms with van der Waals surface area (Å²) in [6.45, 7) is 0. The maximum Gasteiger partial charge on any atom is 0.329 e. The van der Waals surface area contributed by atoms with E-state index in [0.29, 0.717) is 17.1 Å². The molecule has 0 unspecified atom stereocenters. The fourth-order valence-corrected chi connectivity index (χ4v) is 1.85. The van der Waals surface area contributed by atoms with Crippen LogP contribution in [0, 0.1) is 0 Å². The molecule has 0 heterocycles. The molecule has 2 N–H and O–H groups in total. The molecule has 0 saturated heterocycles. The van der Waals surface area contributed by atoms with Gasteiger partial charge in [0.05, 0.1) is 20.4 Å². The van der Waals surface area contributed by atoms with Crippen LogP contribution in [0.2, 0.25) is 0 Å². The highest BCUT2D eigenvalue weighted by molar-refractivity contribution is 7.50. The van der Waals surface area contributed by atoms with Gasteiger partial charge in [0.2, 0.25) is 0 Å². The lowest BCUT2D eigenvalue weighted by Gasteiger charge is -2.09. The number of benzene rings is 1. The molecule has 5 nitrogen and oxygen atoms in total. The van der Waals surface area contributed by atoms with E-state index in [-0.39, 0.29) is 6.16 Å². The van der Waals surface area contributed by atoms with E-state index in [0.717, 1.165) is 0 Å². The van der Waals surface area contributed by atoms with Crippen LogP contribution in [0.5, 0.6) is 11.5 Å². The molecule has 15 heavy (non-hydrogen) atoms. The van der Waals surface area contributed by atoms with E-state index in [1.165, 1.54) is 14.2 Å². The SMILES string of the molecule is COc1cc(CP(=O)(O)O)cc(OC)c1. The molecule has 0 amide bonds. The van der Waals surface area contributed by atoms with Gasteiger partial charge in [0, 0.05) is 6.07 Å². The maximum absolute atomic E-state index is 10.8. The van der Waals surface area contributed by atoms with Crippen LogP contribution < -0.4 is 9.47 Å². The molecular formula is C9H13O5P. The molecule has 1 aromatic carbocycles. The largest absolute Gasteiger partial charge is 0.497 e. The molecule has 1 aromatic rings. The summed E-state index contributed by atoms with van der Waals surface area (Å²) in [5.41, 5.74) is 0.486. The fourth-order valence-electron chi connectivity index (χ4n) is 1.20. The van der Waals surface area contributed by atoms with Crippen molar-refractivity contribution in [3.63, 3.8) is 0 Å². The molecule has 0 fully saturated rings. The lowest BCUT2D eigenvalue weighted by atomic mass is 10.2. The summed E-state index contributed by atoms with van der Waals surface area (Å²) >= 11 is 0. The van der Waals surface area contributed by atoms with Gasteiger partial charge in [-0.2, -0.15) is 0 Å². The van der Waals surface area contributed by atoms with Gasteiger partial charge in [-0.1, -0.05) is 0 Å². The predicted molar refractivity (Wildman–Crippen MR) is 55.3 cm³/mol. The van der Waals surface area contributed by atoms with Gasteiger partial charge in [-0.05, 0) is 17.7 Å². The summed E-state index contributed by atoms with van der Waals surface area (Å²) in [5, 5.41) is 0. The number of hydrogen-bond acceptors (Lipinski definition) is 3. The van der Waals surface area contributed by atoms with Crippen LogP contribution in [0.1, 0.15) is 5.56 Å². The summed E-state index contributed by atoms with van der Waals surface area (Å²) in [6.07, 6.45) is -0.319. The zero-order valence-corrected chi connectivity index (χ0v) is 9.40. The van der Waals surface area contributed by atoms with Crippen molar-refractivity contribution in [1.82, 2.24) is 0 Å². The highest BCUT2D eigenvalue weighted by Crippen LogP contribution is 2.40. The van der Waals surface area contributed by atoms with Gasteiger partial charge in [-0.3, -0.25) is 4.57 Å². The van der Waals surface area contributed by atoms with Crippen LogP contribution >= 0.6 is 7.60 Å². The van der Waals surface area contributed by atoms with Crippen molar-refractivity contribution < 1.29 is 23.8 Å². The van der Waals surface area contributed by atoms with E-state index in [1.807, 2.05) is 0 Å². The second kappa shape index (κ2) is 4.66. The van der Waals surface area contributed by atoms with E-state index < -0.39 is 7.60 Å². The van der Waals surface area contributed by atoms with Crippen molar-refractivity contribution in [2.45, 2.75) is 6.16 Å². The van der Waals surface area contributed by atoms with Crippen molar-refractivity contribution in [2.75, 3.05) is 14.2 Å². The fraction of sp³-hybridized carbons (Fsp3) is 0.333. The Bertz CT molecular complexity index is 362. The van der Waals surface area contributed by atoms with Crippen LogP contribution in [-0.2, 0) is 10.7 Å². The summed E-state index contributed by atoms with van der Waals surface area (Å²) < 4.78 is 20.8. The third kappa shape index (κ3) is 3.91. The molecule has 1 rings (SSSR count). The van der Waals surface area contributed by atoms with E-state index >= 15 is 0 Å². The zero-order valence-electron chi connectivity index (χ0n) is 8.51. The number of rotatable bonds is 4. The molecule has 6 heteroatoms. The molecule has 0 aliphatic heterocycles. The molecule has 0 saturated carbocycles. The number of ether oxygens (including phenoxy) is 2. The minimum absolute atomic E-state index is 0.319. The minimum Gasteiger partial charge on any atom is -0.497 e. The Morgan fingerprint density at radius 3 is 1.93 bits per heavy atom. The molecule has 0 atom stereocenters. The number of methoxy groups -OCH3 is 2. The van der Waals surface area contributed by atoms with Crippen molar-refractivity contribution in [3.8, 4) is 11.5 Å². The van der Waals surface area contributed by atoms with Gasteiger partial charge in [0.25, 0.3) is 0 Å². The van der Waals surface area contributed by atoms with Gasteiger partial charge in [-0.25, -0.2) is 0 Å². The minimum atomic E-state index is -4.06. The van der Waals surface area contributed by atoms with E-state index in [4.69, 9.17) is 19.3 Å². The van der Waals surface area contributed by atoms with Gasteiger partial charge in [0.15, 0.2) is 0 Å². The van der Waals surface area contributed by atoms with Crippen molar-refractivity contribution in [3.05, 3.63) is 23.8 Å². The first-order chi connectivity index (χ1) is 6.94. The van der Waals surface area contributed by atoms with Crippen molar-refractivity contribution >= 4 is 7.60 Å². The van der Waals surface area contributed by atoms with E-state index in [2.05, 4.69) is 0 Å². The first-order valence-electron chi connectivity index (χ1n) is 4.21. The number of hydrogen-bond donors (Lipinski definition) is 2. The van der Waals surface area contributed by atoms with Crippen LogP contribution in [-0.4, -0.2) is 24.0 Å². The average molecular weight is 232 g/mol. The smallest absolute Gasteiger partial charge is 0.329 e. The Labute approximate surface area is 87.8 Å². The summed E-state index contributed by atoms with van der Waals surface area (Å²) in [6, 6.07) is 4.78. The van der Waals surface area contributed by atoms with Crippen LogP contribution in [0.15, 0.2) is 18.2 Å². The monoisotopic (exact) mass is 232 g/mol. The zero-order chi connectivity index (χ0) is 11.5. The highest BCUT2D eigenvalue weighted by Gasteiger charge is 2.15. The standard InChI is InChI=1S/C9H13O5P/c1-13-8-3-7(6-15(10,11)12)4-9(5-8)14-2/h3-5H,6H2,1-2H3,(H2,10,11,12). The van der Waals surface area contributed by atoms with Crippen molar-refractivity contribution in [1.29, 1.82) is 0 Å². The Morgan fingerprint density at radius 1 is 1.13 bits per heavy atom. The molecule has 0 radical (unpaired) electrons. The topological polar surface area (TPSA) is 76.0 Å². The van der Waals surface area contributed by atoms with Crippen LogP contribution in [0.4, 0.5) is 0 Å². The summed E-state index contributed by atoms with van der Waals surface area (Å²) in [5.74, 6) is 1.02. The lowest BCUT2D eigenvalue weighted by Crippen LogP contribution is -1.92. The third-order valence-corrected chi connectivity index (χ3v) is 2.58. The quantitative estimate of drug-likeness (QED) is 0.767.